The lowest BCUT2D eigenvalue weighted by Crippen LogP contribution is -2.33. The first-order valence-corrected chi connectivity index (χ1v) is 8.44. The topological polar surface area (TPSA) is 63.2 Å². The molecule has 1 aromatic carbocycles. The van der Waals surface area contributed by atoms with Crippen molar-refractivity contribution in [1.82, 2.24) is 5.32 Å². The van der Waals surface area contributed by atoms with E-state index in [2.05, 4.69) is 5.32 Å². The van der Waals surface area contributed by atoms with E-state index in [1.54, 1.807) is 19.1 Å². The van der Waals surface area contributed by atoms with Gasteiger partial charge in [-0.3, -0.25) is 4.79 Å². The first-order chi connectivity index (χ1) is 8.69. The van der Waals surface area contributed by atoms with Crippen molar-refractivity contribution in [2.45, 2.75) is 19.4 Å². The van der Waals surface area contributed by atoms with Crippen LogP contribution >= 0.6 is 23.2 Å². The number of benzene rings is 1. The van der Waals surface area contributed by atoms with Gasteiger partial charge in [-0.1, -0.05) is 23.2 Å². The van der Waals surface area contributed by atoms with E-state index in [-0.39, 0.29) is 17.7 Å². The van der Waals surface area contributed by atoms with Crippen LogP contribution in [0.15, 0.2) is 18.2 Å². The van der Waals surface area contributed by atoms with Gasteiger partial charge in [-0.2, -0.15) is 0 Å². The number of rotatable bonds is 5. The Kier molecular flexibility index (Phi) is 5.64. The van der Waals surface area contributed by atoms with Crippen LogP contribution in [0.2, 0.25) is 10.0 Å². The van der Waals surface area contributed by atoms with E-state index in [4.69, 9.17) is 23.2 Å². The van der Waals surface area contributed by atoms with Crippen LogP contribution in [0.25, 0.3) is 0 Å². The lowest BCUT2D eigenvalue weighted by atomic mass is 10.2. The summed E-state index contributed by atoms with van der Waals surface area (Å²) in [4.78, 5) is 11.9. The summed E-state index contributed by atoms with van der Waals surface area (Å²) in [6.07, 6.45) is 1.53. The Hall–Kier alpha value is -0.780. The van der Waals surface area contributed by atoms with Crippen molar-refractivity contribution < 1.29 is 13.2 Å². The number of hydrogen-bond donors (Lipinski definition) is 1. The Balaban J connectivity index is 2.61. The molecule has 0 spiro atoms. The van der Waals surface area contributed by atoms with E-state index in [0.29, 0.717) is 22.0 Å². The number of sulfone groups is 1. The molecular weight excluding hydrogens is 309 g/mol. The zero-order valence-corrected chi connectivity index (χ0v) is 12.9. The van der Waals surface area contributed by atoms with Gasteiger partial charge in [-0.15, -0.1) is 0 Å². The zero-order valence-electron chi connectivity index (χ0n) is 10.6. The summed E-state index contributed by atoms with van der Waals surface area (Å²) < 4.78 is 22.1. The molecule has 0 fully saturated rings. The first-order valence-electron chi connectivity index (χ1n) is 5.62. The first kappa shape index (κ1) is 16.3. The molecule has 4 nitrogen and oxygen atoms in total. The highest BCUT2D eigenvalue weighted by Gasteiger charge is 2.13. The summed E-state index contributed by atoms with van der Waals surface area (Å²) >= 11 is 11.6. The largest absolute Gasteiger partial charge is 0.350 e. The summed E-state index contributed by atoms with van der Waals surface area (Å²) in [5.74, 6) is -0.268. The molecule has 1 amide bonds. The molecule has 1 rings (SSSR count). The van der Waals surface area contributed by atoms with Gasteiger partial charge in [0.2, 0.25) is 0 Å². The number of carbonyl (C=O) groups is 1. The summed E-state index contributed by atoms with van der Waals surface area (Å²) in [5.41, 5.74) is 0.389. The molecule has 0 saturated heterocycles. The third-order valence-corrected chi connectivity index (χ3v) is 4.20. The van der Waals surface area contributed by atoms with E-state index < -0.39 is 9.84 Å². The third kappa shape index (κ3) is 5.80. The van der Waals surface area contributed by atoms with Crippen molar-refractivity contribution in [3.63, 3.8) is 0 Å². The SMILES string of the molecule is C[C@H](CCS(C)(=O)=O)NC(=O)c1ccc(Cl)c(Cl)c1. The van der Waals surface area contributed by atoms with Gasteiger partial charge in [0, 0.05) is 17.9 Å². The molecule has 0 aliphatic carbocycles. The Labute approximate surface area is 123 Å². The number of halogens is 2. The predicted molar refractivity (Wildman–Crippen MR) is 77.7 cm³/mol. The normalized spacial score (nSPS) is 13.1. The second kappa shape index (κ2) is 6.59. The number of hydrogen-bond acceptors (Lipinski definition) is 3. The smallest absolute Gasteiger partial charge is 0.251 e. The van der Waals surface area contributed by atoms with Gasteiger partial charge < -0.3 is 5.32 Å². The highest BCUT2D eigenvalue weighted by molar-refractivity contribution is 7.90. The van der Waals surface area contributed by atoms with Gasteiger partial charge in [0.05, 0.1) is 15.8 Å². The molecule has 1 atom stereocenters. The fourth-order valence-corrected chi connectivity index (χ4v) is 2.49. The summed E-state index contributed by atoms with van der Waals surface area (Å²) in [5, 5.41) is 3.39. The minimum Gasteiger partial charge on any atom is -0.350 e. The number of amides is 1. The molecule has 1 aromatic rings. The Bertz CT molecular complexity index is 572. The van der Waals surface area contributed by atoms with Crippen molar-refractivity contribution in [2.24, 2.45) is 0 Å². The Morgan fingerprint density at radius 2 is 1.95 bits per heavy atom. The van der Waals surface area contributed by atoms with Gasteiger partial charge >= 0.3 is 0 Å². The highest BCUT2D eigenvalue weighted by Crippen LogP contribution is 2.22. The molecule has 0 unspecified atom stereocenters. The lowest BCUT2D eigenvalue weighted by Gasteiger charge is -2.13. The second-order valence-corrected chi connectivity index (χ2v) is 7.50. The van der Waals surface area contributed by atoms with E-state index in [9.17, 15) is 13.2 Å². The minimum atomic E-state index is -3.02. The van der Waals surface area contributed by atoms with Crippen LogP contribution < -0.4 is 5.32 Å². The molecular formula is C12H15Cl2NO3S. The Morgan fingerprint density at radius 1 is 1.32 bits per heavy atom. The molecule has 0 radical (unpaired) electrons. The van der Waals surface area contributed by atoms with Gasteiger partial charge in [0.1, 0.15) is 9.84 Å². The standard InChI is InChI=1S/C12H15Cl2NO3S/c1-8(5-6-19(2,17)18)15-12(16)9-3-4-10(13)11(14)7-9/h3-4,7-8H,5-6H2,1-2H3,(H,15,16)/t8-/m1/s1. The molecule has 0 heterocycles. The van der Waals surface area contributed by atoms with Crippen LogP contribution in [0, 0.1) is 0 Å². The van der Waals surface area contributed by atoms with Crippen molar-refractivity contribution in [3.05, 3.63) is 33.8 Å². The molecule has 0 saturated carbocycles. The third-order valence-electron chi connectivity index (χ3n) is 2.48. The summed E-state index contributed by atoms with van der Waals surface area (Å²) in [6, 6.07) is 4.34. The van der Waals surface area contributed by atoms with Crippen molar-refractivity contribution in [1.29, 1.82) is 0 Å². The molecule has 7 heteroatoms. The van der Waals surface area contributed by atoms with Gasteiger partial charge in [0.15, 0.2) is 0 Å². The van der Waals surface area contributed by atoms with Crippen LogP contribution in [0.4, 0.5) is 0 Å². The van der Waals surface area contributed by atoms with Gasteiger partial charge in [-0.25, -0.2) is 8.42 Å². The van der Waals surface area contributed by atoms with E-state index in [1.165, 1.54) is 12.3 Å². The van der Waals surface area contributed by atoms with Crippen LogP contribution in [-0.2, 0) is 9.84 Å². The van der Waals surface area contributed by atoms with E-state index in [0.717, 1.165) is 0 Å². The molecule has 106 valence electrons. The molecule has 0 bridgehead atoms. The fraction of sp³-hybridized carbons (Fsp3) is 0.417. The van der Waals surface area contributed by atoms with Gasteiger partial charge in [-0.05, 0) is 31.5 Å². The van der Waals surface area contributed by atoms with Crippen molar-refractivity contribution in [3.8, 4) is 0 Å². The summed E-state index contributed by atoms with van der Waals surface area (Å²) in [7, 11) is -3.02. The quantitative estimate of drug-likeness (QED) is 0.905. The summed E-state index contributed by atoms with van der Waals surface area (Å²) in [6.45, 7) is 1.75. The maximum atomic E-state index is 11.9. The van der Waals surface area contributed by atoms with Gasteiger partial charge in [0.25, 0.3) is 5.91 Å². The maximum absolute atomic E-state index is 11.9. The number of nitrogens with one attached hydrogen (secondary N) is 1. The fourth-order valence-electron chi connectivity index (χ4n) is 1.41. The number of carbonyl (C=O) groups excluding carboxylic acids is 1. The molecule has 1 N–H and O–H groups in total. The minimum absolute atomic E-state index is 0.0375. The molecule has 19 heavy (non-hydrogen) atoms. The maximum Gasteiger partial charge on any atom is 0.251 e. The highest BCUT2D eigenvalue weighted by atomic mass is 35.5. The average Bonchev–Trinajstić information content (AvgIpc) is 2.29. The van der Waals surface area contributed by atoms with Crippen LogP contribution in [0.5, 0.6) is 0 Å². The average molecular weight is 324 g/mol. The van der Waals surface area contributed by atoms with Crippen LogP contribution in [0.3, 0.4) is 0 Å². The lowest BCUT2D eigenvalue weighted by molar-refractivity contribution is 0.0939. The monoisotopic (exact) mass is 323 g/mol. The van der Waals surface area contributed by atoms with Crippen molar-refractivity contribution in [2.75, 3.05) is 12.0 Å². The second-order valence-electron chi connectivity index (χ2n) is 4.42. The molecule has 0 aromatic heterocycles. The zero-order chi connectivity index (χ0) is 14.6. The van der Waals surface area contributed by atoms with Crippen LogP contribution in [-0.4, -0.2) is 32.4 Å². The van der Waals surface area contributed by atoms with E-state index in [1.807, 2.05) is 0 Å². The van der Waals surface area contributed by atoms with E-state index >= 15 is 0 Å². The predicted octanol–water partition coefficient (Wildman–Crippen LogP) is 2.55. The molecule has 0 aliphatic rings. The van der Waals surface area contributed by atoms with Crippen LogP contribution in [0.1, 0.15) is 23.7 Å². The van der Waals surface area contributed by atoms with Crippen molar-refractivity contribution >= 4 is 38.9 Å². The molecule has 0 aliphatic heterocycles. The Morgan fingerprint density at radius 3 is 2.47 bits per heavy atom.